The van der Waals surface area contributed by atoms with E-state index in [0.717, 1.165) is 12.1 Å². The van der Waals surface area contributed by atoms with E-state index in [4.69, 9.17) is 0 Å². The predicted octanol–water partition coefficient (Wildman–Crippen LogP) is 5.18. The Morgan fingerprint density at radius 1 is 1.07 bits per heavy atom. The van der Waals surface area contributed by atoms with Crippen LogP contribution in [0.1, 0.15) is 54.5 Å². The Morgan fingerprint density at radius 3 is 2.49 bits per heavy atom. The van der Waals surface area contributed by atoms with Crippen LogP contribution in [0.15, 0.2) is 48.9 Å². The van der Waals surface area contributed by atoms with E-state index in [1.165, 1.54) is 23.0 Å². The number of fused-ring (bicyclic) bond motifs is 1. The molecule has 1 aliphatic heterocycles. The number of aromatic nitrogens is 3. The molecule has 0 aliphatic carbocycles. The van der Waals surface area contributed by atoms with Gasteiger partial charge >= 0.3 is 6.18 Å². The van der Waals surface area contributed by atoms with Crippen LogP contribution in [0.3, 0.4) is 0 Å². The second-order valence-electron chi connectivity index (χ2n) is 11.1. The highest BCUT2D eigenvalue weighted by Gasteiger charge is 2.32. The van der Waals surface area contributed by atoms with Crippen LogP contribution in [0.5, 0.6) is 0 Å². The van der Waals surface area contributed by atoms with Crippen molar-refractivity contribution in [3.05, 3.63) is 93.8 Å². The summed E-state index contributed by atoms with van der Waals surface area (Å²) in [5, 5.41) is 8.30. The molecule has 2 aromatic carbocycles. The number of nitrogens with zero attached hydrogens (tertiary/aromatic N) is 3. The molecule has 1 aliphatic rings. The number of likely N-dealkylation sites (N-methyl/N-ethyl adjacent to an activating group) is 1. The first-order valence-electron chi connectivity index (χ1n) is 14.1. The van der Waals surface area contributed by atoms with Gasteiger partial charge in [0.1, 0.15) is 0 Å². The lowest BCUT2D eigenvalue weighted by molar-refractivity contribution is -0.137. The molecule has 2 aromatic heterocycles. The number of aromatic amines is 1. The van der Waals surface area contributed by atoms with E-state index in [-0.39, 0.29) is 28.8 Å². The maximum Gasteiger partial charge on any atom is 0.416 e. The molecule has 0 fully saturated rings. The average Bonchev–Trinajstić information content (AvgIpc) is 3.62. The Labute approximate surface area is 257 Å². The Hall–Kier alpha value is -5.17. The molecule has 10 nitrogen and oxygen atoms in total. The molecule has 4 aromatic rings. The summed E-state index contributed by atoms with van der Waals surface area (Å²) in [6.07, 6.45) is -0.0729. The minimum Gasteiger partial charge on any atom is -0.358 e. The fourth-order valence-corrected chi connectivity index (χ4v) is 5.12. The topological polar surface area (TPSA) is 124 Å². The van der Waals surface area contributed by atoms with Crippen molar-refractivity contribution in [1.82, 2.24) is 24.8 Å². The lowest BCUT2D eigenvalue weighted by Gasteiger charge is -2.13. The smallest absolute Gasteiger partial charge is 0.358 e. The standard InChI is InChI=1S/C32H32F3N7O3/c1-17-15-42(16-37-17)23-11-20(10-21(12-23)32(33,34)35)29(43)39-22-6-7-24-25(30(44)40-27(24)13-22)14-26-18(2)28(19(3)38-26)31(45)36-8-9-41(4)5/h6-7,10-16,38H,8-9H2,1-5H3,(H,36,45)(H,39,43)(H,40,44)/b25-14-. The van der Waals surface area contributed by atoms with Gasteiger partial charge in [-0.25, -0.2) is 4.98 Å². The summed E-state index contributed by atoms with van der Waals surface area (Å²) in [6.45, 7) is 6.47. The van der Waals surface area contributed by atoms with Crippen LogP contribution in [0, 0.1) is 20.8 Å². The number of carbonyl (C=O) groups excluding carboxylic acids is 3. The zero-order chi connectivity index (χ0) is 32.6. The van der Waals surface area contributed by atoms with E-state index in [1.54, 1.807) is 45.2 Å². The third kappa shape index (κ3) is 6.68. The number of hydrogen-bond acceptors (Lipinski definition) is 5. The van der Waals surface area contributed by atoms with Crippen LogP contribution in [0.25, 0.3) is 17.3 Å². The number of imidazole rings is 1. The van der Waals surface area contributed by atoms with E-state index in [9.17, 15) is 27.6 Å². The summed E-state index contributed by atoms with van der Waals surface area (Å²) < 4.78 is 42.4. The summed E-state index contributed by atoms with van der Waals surface area (Å²) >= 11 is 0. The number of halogens is 3. The molecule has 45 heavy (non-hydrogen) atoms. The van der Waals surface area contributed by atoms with Crippen LogP contribution in [0.2, 0.25) is 0 Å². The molecule has 0 atom stereocenters. The molecule has 5 rings (SSSR count). The molecule has 4 N–H and O–H groups in total. The van der Waals surface area contributed by atoms with Gasteiger partial charge in [0.25, 0.3) is 17.7 Å². The van der Waals surface area contributed by atoms with Gasteiger partial charge in [-0.1, -0.05) is 6.07 Å². The maximum atomic E-state index is 13.7. The van der Waals surface area contributed by atoms with E-state index in [2.05, 4.69) is 25.9 Å². The summed E-state index contributed by atoms with van der Waals surface area (Å²) in [4.78, 5) is 48.1. The monoisotopic (exact) mass is 619 g/mol. The fraction of sp³-hybridized carbons (Fsp3) is 0.250. The van der Waals surface area contributed by atoms with Gasteiger partial charge in [0.05, 0.1) is 34.4 Å². The number of aryl methyl sites for hydroxylation is 2. The molecule has 0 saturated heterocycles. The van der Waals surface area contributed by atoms with Gasteiger partial charge in [-0.05, 0) is 76.8 Å². The Kier molecular flexibility index (Phi) is 8.39. The lowest BCUT2D eigenvalue weighted by atomic mass is 10.0. The Balaban J connectivity index is 1.39. The summed E-state index contributed by atoms with van der Waals surface area (Å²) in [5.41, 5.74) is 3.66. The van der Waals surface area contributed by atoms with Crippen molar-refractivity contribution in [2.24, 2.45) is 0 Å². The number of amides is 3. The third-order valence-electron chi connectivity index (χ3n) is 7.41. The number of anilines is 2. The van der Waals surface area contributed by atoms with Crippen molar-refractivity contribution in [3.63, 3.8) is 0 Å². The van der Waals surface area contributed by atoms with Gasteiger partial charge in [0, 0.05) is 53.2 Å². The van der Waals surface area contributed by atoms with Gasteiger partial charge in [0.15, 0.2) is 0 Å². The number of alkyl halides is 3. The second-order valence-corrected chi connectivity index (χ2v) is 11.1. The third-order valence-corrected chi connectivity index (χ3v) is 7.41. The van der Waals surface area contributed by atoms with Gasteiger partial charge in [0.2, 0.25) is 0 Å². The molecular formula is C32H32F3N7O3. The van der Waals surface area contributed by atoms with Crippen molar-refractivity contribution >= 4 is 40.7 Å². The number of rotatable bonds is 8. The van der Waals surface area contributed by atoms with Crippen molar-refractivity contribution in [3.8, 4) is 5.69 Å². The highest BCUT2D eigenvalue weighted by Crippen LogP contribution is 2.36. The first-order chi connectivity index (χ1) is 21.2. The number of benzene rings is 2. The summed E-state index contributed by atoms with van der Waals surface area (Å²) in [6, 6.07) is 7.82. The van der Waals surface area contributed by atoms with E-state index >= 15 is 0 Å². The molecule has 0 radical (unpaired) electrons. The number of nitrogens with one attached hydrogen (secondary N) is 4. The van der Waals surface area contributed by atoms with Crippen LogP contribution in [-0.2, 0) is 11.0 Å². The van der Waals surface area contributed by atoms with E-state index in [0.29, 0.717) is 58.1 Å². The van der Waals surface area contributed by atoms with Crippen LogP contribution >= 0.6 is 0 Å². The SMILES string of the molecule is Cc1cn(-c2cc(C(=O)Nc3ccc4c(c3)NC(=O)/C4=C\c3[nH]c(C)c(C(=O)NCCN(C)C)c3C)cc(C(F)(F)F)c2)cn1. The van der Waals surface area contributed by atoms with E-state index in [1.807, 2.05) is 19.0 Å². The Bertz CT molecular complexity index is 1850. The molecular weight excluding hydrogens is 587 g/mol. The number of carbonyl (C=O) groups is 3. The molecule has 3 amide bonds. The van der Waals surface area contributed by atoms with E-state index < -0.39 is 17.6 Å². The molecule has 0 spiro atoms. The van der Waals surface area contributed by atoms with Crippen molar-refractivity contribution in [2.75, 3.05) is 37.8 Å². The minimum atomic E-state index is -4.67. The zero-order valence-corrected chi connectivity index (χ0v) is 25.3. The molecule has 0 bridgehead atoms. The van der Waals surface area contributed by atoms with Crippen molar-refractivity contribution < 1.29 is 27.6 Å². The van der Waals surface area contributed by atoms with Gasteiger partial charge < -0.3 is 30.4 Å². The van der Waals surface area contributed by atoms with Crippen LogP contribution in [0.4, 0.5) is 24.5 Å². The highest BCUT2D eigenvalue weighted by atomic mass is 19.4. The fourth-order valence-electron chi connectivity index (χ4n) is 5.12. The van der Waals surface area contributed by atoms with Gasteiger partial charge in [-0.15, -0.1) is 0 Å². The van der Waals surface area contributed by atoms with Gasteiger partial charge in [-0.3, -0.25) is 14.4 Å². The largest absolute Gasteiger partial charge is 0.416 e. The Morgan fingerprint density at radius 2 is 1.82 bits per heavy atom. The number of hydrogen-bond donors (Lipinski definition) is 4. The second kappa shape index (κ2) is 12.1. The summed E-state index contributed by atoms with van der Waals surface area (Å²) in [5.74, 6) is -1.35. The first kappa shape index (κ1) is 31.3. The van der Waals surface area contributed by atoms with Crippen molar-refractivity contribution in [1.29, 1.82) is 0 Å². The molecule has 0 saturated carbocycles. The summed E-state index contributed by atoms with van der Waals surface area (Å²) in [7, 11) is 3.83. The molecule has 13 heteroatoms. The lowest BCUT2D eigenvalue weighted by Crippen LogP contribution is -2.31. The van der Waals surface area contributed by atoms with Crippen LogP contribution < -0.4 is 16.0 Å². The molecule has 234 valence electrons. The zero-order valence-electron chi connectivity index (χ0n) is 25.3. The minimum absolute atomic E-state index is 0.135. The van der Waals surface area contributed by atoms with Crippen LogP contribution in [-0.4, -0.2) is 64.3 Å². The maximum absolute atomic E-state index is 13.7. The quantitative estimate of drug-likeness (QED) is 0.203. The highest BCUT2D eigenvalue weighted by molar-refractivity contribution is 6.35. The average molecular weight is 620 g/mol. The predicted molar refractivity (Wildman–Crippen MR) is 165 cm³/mol. The first-order valence-corrected chi connectivity index (χ1v) is 14.1. The molecule has 0 unspecified atom stereocenters. The molecule has 3 heterocycles. The number of H-pyrrole nitrogens is 1. The van der Waals surface area contributed by atoms with Gasteiger partial charge in [-0.2, -0.15) is 13.2 Å². The normalized spacial score (nSPS) is 13.7. The van der Waals surface area contributed by atoms with Crippen molar-refractivity contribution in [2.45, 2.75) is 26.9 Å².